The maximum absolute atomic E-state index is 12.3. The van der Waals surface area contributed by atoms with Crippen molar-refractivity contribution in [2.45, 2.75) is 38.3 Å². The summed E-state index contributed by atoms with van der Waals surface area (Å²) in [5.74, 6) is -0.276. The second-order valence-corrected chi connectivity index (χ2v) is 6.69. The van der Waals surface area contributed by atoms with Crippen LogP contribution in [0.1, 0.15) is 24.1 Å². The highest BCUT2D eigenvalue weighted by Crippen LogP contribution is 2.18. The first-order valence-corrected chi connectivity index (χ1v) is 8.42. The van der Waals surface area contributed by atoms with E-state index in [9.17, 15) is 13.2 Å². The van der Waals surface area contributed by atoms with Crippen molar-refractivity contribution in [3.63, 3.8) is 0 Å². The molecule has 0 aliphatic heterocycles. The molecule has 0 aliphatic rings. The molecule has 0 spiro atoms. The molecule has 1 amide bonds. The van der Waals surface area contributed by atoms with E-state index < -0.39 is 22.0 Å². The largest absolute Gasteiger partial charge is 0.360 e. The van der Waals surface area contributed by atoms with Gasteiger partial charge in [-0.3, -0.25) is 9.78 Å². The predicted molar refractivity (Wildman–Crippen MR) is 81.8 cm³/mol. The smallest absolute Gasteiger partial charge is 0.246 e. The summed E-state index contributed by atoms with van der Waals surface area (Å²) in [5, 5.41) is 6.24. The average Bonchev–Trinajstić information content (AvgIpc) is 2.85. The predicted octanol–water partition coefficient (Wildman–Crippen LogP) is 0.670. The number of aromatic nitrogens is 2. The molecule has 0 aromatic carbocycles. The van der Waals surface area contributed by atoms with Crippen molar-refractivity contribution < 1.29 is 17.7 Å². The first-order chi connectivity index (χ1) is 10.8. The normalized spacial score (nSPS) is 12.8. The summed E-state index contributed by atoms with van der Waals surface area (Å²) >= 11 is 0. The van der Waals surface area contributed by atoms with Crippen LogP contribution in [0, 0.1) is 13.8 Å². The van der Waals surface area contributed by atoms with Crippen LogP contribution in [0.2, 0.25) is 0 Å². The molecular weight excluding hydrogens is 320 g/mol. The molecule has 0 saturated heterocycles. The minimum absolute atomic E-state index is 0.0399. The first kappa shape index (κ1) is 17.1. The Hall–Kier alpha value is -2.26. The summed E-state index contributed by atoms with van der Waals surface area (Å²) in [5.41, 5.74) is 0.928. The lowest BCUT2D eigenvalue weighted by Crippen LogP contribution is -2.44. The summed E-state index contributed by atoms with van der Waals surface area (Å²) in [7, 11) is -3.89. The molecule has 0 saturated carbocycles. The molecule has 124 valence electrons. The van der Waals surface area contributed by atoms with Gasteiger partial charge >= 0.3 is 0 Å². The van der Waals surface area contributed by atoms with Gasteiger partial charge in [-0.05, 0) is 32.9 Å². The van der Waals surface area contributed by atoms with Gasteiger partial charge in [-0.2, -0.15) is 4.72 Å². The zero-order valence-corrected chi connectivity index (χ0v) is 13.8. The lowest BCUT2D eigenvalue weighted by molar-refractivity contribution is -0.122. The molecule has 0 unspecified atom stereocenters. The number of rotatable bonds is 6. The van der Waals surface area contributed by atoms with Gasteiger partial charge in [0.25, 0.3) is 0 Å². The van der Waals surface area contributed by atoms with Crippen molar-refractivity contribution >= 4 is 15.9 Å². The number of hydrogen-bond donors (Lipinski definition) is 2. The molecular formula is C14H18N4O4S. The molecule has 0 radical (unpaired) electrons. The zero-order valence-electron chi connectivity index (χ0n) is 13.0. The van der Waals surface area contributed by atoms with Crippen molar-refractivity contribution in [1.82, 2.24) is 20.2 Å². The molecule has 2 aromatic rings. The van der Waals surface area contributed by atoms with Crippen LogP contribution < -0.4 is 10.0 Å². The number of carbonyl (C=O) groups excluding carboxylic acids is 1. The van der Waals surface area contributed by atoms with E-state index in [2.05, 4.69) is 20.2 Å². The minimum Gasteiger partial charge on any atom is -0.360 e. The van der Waals surface area contributed by atoms with Crippen molar-refractivity contribution in [2.24, 2.45) is 0 Å². The lowest BCUT2D eigenvalue weighted by atomic mass is 10.3. The highest BCUT2D eigenvalue weighted by Gasteiger charge is 2.27. The fourth-order valence-corrected chi connectivity index (χ4v) is 3.57. The van der Waals surface area contributed by atoms with Crippen LogP contribution in [0.15, 0.2) is 33.8 Å². The van der Waals surface area contributed by atoms with Crippen LogP contribution in [-0.4, -0.2) is 30.5 Å². The monoisotopic (exact) mass is 338 g/mol. The third kappa shape index (κ3) is 4.14. The number of hydrogen-bond acceptors (Lipinski definition) is 6. The van der Waals surface area contributed by atoms with E-state index in [4.69, 9.17) is 4.52 Å². The Morgan fingerprint density at radius 3 is 2.65 bits per heavy atom. The molecule has 0 bridgehead atoms. The van der Waals surface area contributed by atoms with Crippen molar-refractivity contribution in [3.05, 3.63) is 41.5 Å². The van der Waals surface area contributed by atoms with Crippen molar-refractivity contribution in [1.29, 1.82) is 0 Å². The summed E-state index contributed by atoms with van der Waals surface area (Å²) in [6.45, 7) is 4.71. The standard InChI is InChI=1S/C14H18N4O4S/c1-9-13(11(3)22-17-9)23(20,21)18-10(2)14(19)16-8-12-6-4-5-7-15-12/h4-7,10,18H,8H2,1-3H3,(H,16,19)/t10-/m0/s1. The van der Waals surface area contributed by atoms with E-state index in [0.717, 1.165) is 0 Å². The maximum Gasteiger partial charge on any atom is 0.246 e. The van der Waals surface area contributed by atoms with E-state index in [-0.39, 0.29) is 22.9 Å². The quantitative estimate of drug-likeness (QED) is 0.800. The summed E-state index contributed by atoms with van der Waals surface area (Å²) in [6, 6.07) is 4.39. The van der Waals surface area contributed by atoms with E-state index in [1.807, 2.05) is 0 Å². The van der Waals surface area contributed by atoms with E-state index in [1.54, 1.807) is 24.4 Å². The van der Waals surface area contributed by atoms with Gasteiger partial charge in [-0.25, -0.2) is 8.42 Å². The number of nitrogens with zero attached hydrogens (tertiary/aromatic N) is 2. The van der Waals surface area contributed by atoms with Gasteiger partial charge in [-0.15, -0.1) is 0 Å². The van der Waals surface area contributed by atoms with Gasteiger partial charge in [0.2, 0.25) is 15.9 Å². The number of aryl methyl sites for hydroxylation is 2. The van der Waals surface area contributed by atoms with Crippen LogP contribution in [0.3, 0.4) is 0 Å². The Morgan fingerprint density at radius 1 is 1.35 bits per heavy atom. The summed E-state index contributed by atoms with van der Waals surface area (Å²) in [6.07, 6.45) is 1.62. The first-order valence-electron chi connectivity index (χ1n) is 6.94. The second kappa shape index (κ2) is 6.88. The van der Waals surface area contributed by atoms with Gasteiger partial charge in [0.05, 0.1) is 18.3 Å². The molecule has 1 atom stereocenters. The Labute approximate surface area is 134 Å². The van der Waals surface area contributed by atoms with Crippen molar-refractivity contribution in [2.75, 3.05) is 0 Å². The van der Waals surface area contributed by atoms with Crippen LogP contribution in [0.25, 0.3) is 0 Å². The van der Waals surface area contributed by atoms with E-state index in [1.165, 1.54) is 20.8 Å². The van der Waals surface area contributed by atoms with Gasteiger partial charge in [0.1, 0.15) is 10.6 Å². The van der Waals surface area contributed by atoms with Crippen LogP contribution in [0.5, 0.6) is 0 Å². The Morgan fingerprint density at radius 2 is 2.09 bits per heavy atom. The zero-order chi connectivity index (χ0) is 17.0. The Bertz CT molecular complexity index is 767. The molecule has 2 aromatic heterocycles. The number of sulfonamides is 1. The maximum atomic E-state index is 12.3. The van der Waals surface area contributed by atoms with Crippen LogP contribution >= 0.6 is 0 Å². The lowest BCUT2D eigenvalue weighted by Gasteiger charge is -2.14. The van der Waals surface area contributed by atoms with E-state index >= 15 is 0 Å². The van der Waals surface area contributed by atoms with Gasteiger partial charge in [-0.1, -0.05) is 11.2 Å². The molecule has 8 nitrogen and oxygen atoms in total. The molecule has 23 heavy (non-hydrogen) atoms. The number of amides is 1. The highest BCUT2D eigenvalue weighted by molar-refractivity contribution is 7.89. The molecule has 0 fully saturated rings. The SMILES string of the molecule is Cc1noc(C)c1S(=O)(=O)N[C@@H](C)C(=O)NCc1ccccn1. The second-order valence-electron chi connectivity index (χ2n) is 5.04. The highest BCUT2D eigenvalue weighted by atomic mass is 32.2. The summed E-state index contributed by atoms with van der Waals surface area (Å²) in [4.78, 5) is 16.1. The van der Waals surface area contributed by atoms with Crippen LogP contribution in [-0.2, 0) is 21.4 Å². The fraction of sp³-hybridized carbons (Fsp3) is 0.357. The van der Waals surface area contributed by atoms with Crippen LogP contribution in [0.4, 0.5) is 0 Å². The topological polar surface area (TPSA) is 114 Å². The third-order valence-corrected chi connectivity index (χ3v) is 4.92. The average molecular weight is 338 g/mol. The number of nitrogens with one attached hydrogen (secondary N) is 2. The van der Waals surface area contributed by atoms with Gasteiger partial charge in [0, 0.05) is 6.20 Å². The summed E-state index contributed by atoms with van der Waals surface area (Å²) < 4.78 is 31.8. The molecule has 2 N–H and O–H groups in total. The van der Waals surface area contributed by atoms with Gasteiger partial charge in [0.15, 0.2) is 5.76 Å². The van der Waals surface area contributed by atoms with Gasteiger partial charge < -0.3 is 9.84 Å². The molecule has 2 rings (SSSR count). The molecule has 0 aliphatic carbocycles. The fourth-order valence-electron chi connectivity index (χ4n) is 2.04. The van der Waals surface area contributed by atoms with E-state index in [0.29, 0.717) is 5.69 Å². The molecule has 2 heterocycles. The Kier molecular flexibility index (Phi) is 5.12. The Balaban J connectivity index is 2.00. The minimum atomic E-state index is -3.89. The molecule has 9 heteroatoms. The number of carbonyl (C=O) groups is 1. The number of pyridine rings is 1. The third-order valence-electron chi connectivity index (χ3n) is 3.13. The van der Waals surface area contributed by atoms with Crippen molar-refractivity contribution in [3.8, 4) is 0 Å².